The SMILES string of the molecule is O=C(Nc1cc(Cl)ccc1Cl)C1CCCN1S(=O)(=O)c1ccc(Br)s1. The van der Waals surface area contributed by atoms with Gasteiger partial charge in [-0.15, -0.1) is 11.3 Å². The van der Waals surface area contributed by atoms with Crippen LogP contribution < -0.4 is 5.32 Å². The van der Waals surface area contributed by atoms with E-state index in [0.717, 1.165) is 15.1 Å². The lowest BCUT2D eigenvalue weighted by Gasteiger charge is -2.23. The molecule has 10 heteroatoms. The zero-order chi connectivity index (χ0) is 18.2. The van der Waals surface area contributed by atoms with Crippen LogP contribution in [-0.4, -0.2) is 31.2 Å². The Bertz CT molecular complexity index is 917. The number of rotatable bonds is 4. The van der Waals surface area contributed by atoms with Gasteiger partial charge in [-0.3, -0.25) is 4.79 Å². The second kappa shape index (κ2) is 7.54. The number of carbonyl (C=O) groups is 1. The molecule has 1 N–H and O–H groups in total. The molecule has 2 heterocycles. The molecule has 1 aliphatic heterocycles. The Morgan fingerprint density at radius 1 is 1.28 bits per heavy atom. The molecule has 1 unspecified atom stereocenters. The van der Waals surface area contributed by atoms with Crippen molar-refractivity contribution < 1.29 is 13.2 Å². The van der Waals surface area contributed by atoms with E-state index in [-0.39, 0.29) is 4.21 Å². The maximum Gasteiger partial charge on any atom is 0.253 e. The van der Waals surface area contributed by atoms with Crippen LogP contribution in [0, 0.1) is 0 Å². The summed E-state index contributed by atoms with van der Waals surface area (Å²) in [5.41, 5.74) is 0.363. The van der Waals surface area contributed by atoms with Gasteiger partial charge >= 0.3 is 0 Å². The number of amides is 1. The number of thiophene rings is 1. The highest BCUT2D eigenvalue weighted by Gasteiger charge is 2.40. The number of sulfonamides is 1. The number of benzene rings is 1. The van der Waals surface area contributed by atoms with Gasteiger partial charge in [-0.05, 0) is 59.1 Å². The Morgan fingerprint density at radius 3 is 2.72 bits per heavy atom. The van der Waals surface area contributed by atoms with Crippen molar-refractivity contribution in [3.8, 4) is 0 Å². The molecule has 0 spiro atoms. The van der Waals surface area contributed by atoms with Crippen molar-refractivity contribution in [2.45, 2.75) is 23.1 Å². The van der Waals surface area contributed by atoms with Crippen LogP contribution in [0.25, 0.3) is 0 Å². The second-order valence-electron chi connectivity index (χ2n) is 5.45. The normalized spacial score (nSPS) is 18.4. The van der Waals surface area contributed by atoms with Crippen molar-refractivity contribution in [2.75, 3.05) is 11.9 Å². The van der Waals surface area contributed by atoms with Crippen LogP contribution in [0.15, 0.2) is 38.3 Å². The molecule has 0 bridgehead atoms. The van der Waals surface area contributed by atoms with Crippen LogP contribution in [0.3, 0.4) is 0 Å². The van der Waals surface area contributed by atoms with Crippen LogP contribution in [0.1, 0.15) is 12.8 Å². The summed E-state index contributed by atoms with van der Waals surface area (Å²) >= 11 is 16.4. The number of hydrogen-bond donors (Lipinski definition) is 1. The predicted molar refractivity (Wildman–Crippen MR) is 104 cm³/mol. The fraction of sp³-hybridized carbons (Fsp3) is 0.267. The lowest BCUT2D eigenvalue weighted by atomic mass is 10.2. The minimum Gasteiger partial charge on any atom is -0.323 e. The topological polar surface area (TPSA) is 66.5 Å². The summed E-state index contributed by atoms with van der Waals surface area (Å²) in [4.78, 5) is 12.6. The number of halogens is 3. The number of nitrogens with one attached hydrogen (secondary N) is 1. The third-order valence-corrected chi connectivity index (χ3v) is 8.37. The van der Waals surface area contributed by atoms with E-state index in [9.17, 15) is 13.2 Å². The largest absolute Gasteiger partial charge is 0.323 e. The minimum absolute atomic E-state index is 0.208. The molecule has 1 aromatic heterocycles. The van der Waals surface area contributed by atoms with Gasteiger partial charge in [-0.25, -0.2) is 8.42 Å². The third-order valence-electron chi connectivity index (χ3n) is 3.80. The fourth-order valence-electron chi connectivity index (χ4n) is 2.65. The van der Waals surface area contributed by atoms with Crippen molar-refractivity contribution >= 4 is 72.1 Å². The molecular formula is C15H13BrCl2N2O3S2. The summed E-state index contributed by atoms with van der Waals surface area (Å²) in [7, 11) is -3.72. The third kappa shape index (κ3) is 4.04. The summed E-state index contributed by atoms with van der Waals surface area (Å²) in [5.74, 6) is -0.416. The molecule has 5 nitrogen and oxygen atoms in total. The molecule has 1 atom stereocenters. The van der Waals surface area contributed by atoms with Crippen molar-refractivity contribution in [1.29, 1.82) is 0 Å². The van der Waals surface area contributed by atoms with E-state index in [4.69, 9.17) is 23.2 Å². The van der Waals surface area contributed by atoms with E-state index in [0.29, 0.717) is 35.1 Å². The highest BCUT2D eigenvalue weighted by molar-refractivity contribution is 9.11. The summed E-state index contributed by atoms with van der Waals surface area (Å²) in [5, 5.41) is 3.45. The fourth-order valence-corrected chi connectivity index (χ4v) is 6.78. The lowest BCUT2D eigenvalue weighted by molar-refractivity contribution is -0.119. The Hall–Kier alpha value is -0.640. The van der Waals surface area contributed by atoms with E-state index in [1.54, 1.807) is 18.2 Å². The Kier molecular flexibility index (Phi) is 5.77. The first kappa shape index (κ1) is 19.1. The molecule has 0 radical (unpaired) electrons. The van der Waals surface area contributed by atoms with Crippen LogP contribution in [0.4, 0.5) is 5.69 Å². The van der Waals surface area contributed by atoms with Crippen LogP contribution >= 0.6 is 50.5 Å². The van der Waals surface area contributed by atoms with Gasteiger partial charge in [-0.2, -0.15) is 4.31 Å². The summed E-state index contributed by atoms with van der Waals surface area (Å²) in [6.07, 6.45) is 1.07. The van der Waals surface area contributed by atoms with E-state index in [1.807, 2.05) is 0 Å². The number of hydrogen-bond acceptors (Lipinski definition) is 4. The second-order valence-corrected chi connectivity index (χ2v) is 10.9. The van der Waals surface area contributed by atoms with Crippen LogP contribution in [-0.2, 0) is 14.8 Å². The summed E-state index contributed by atoms with van der Waals surface area (Å²) in [6.45, 7) is 0.305. The summed E-state index contributed by atoms with van der Waals surface area (Å²) in [6, 6.07) is 7.15. The zero-order valence-electron chi connectivity index (χ0n) is 12.7. The number of carbonyl (C=O) groups excluding carboxylic acids is 1. The molecule has 0 saturated carbocycles. The molecule has 1 saturated heterocycles. The molecular weight excluding hydrogens is 471 g/mol. The standard InChI is InChI=1S/C15H13BrCl2N2O3S2/c16-13-5-6-14(24-13)25(22,23)20-7-1-2-12(20)15(21)19-11-8-9(17)3-4-10(11)18/h3-6,8,12H,1-2,7H2,(H,19,21). The van der Waals surface area contributed by atoms with Crippen molar-refractivity contribution in [2.24, 2.45) is 0 Å². The molecule has 0 aliphatic carbocycles. The van der Waals surface area contributed by atoms with Gasteiger partial charge < -0.3 is 5.32 Å². The monoisotopic (exact) mass is 482 g/mol. The molecule has 3 rings (SSSR count). The maximum absolute atomic E-state index is 12.8. The Balaban J connectivity index is 1.84. The predicted octanol–water partition coefficient (Wildman–Crippen LogP) is 4.61. The van der Waals surface area contributed by atoms with Crippen LogP contribution in [0.5, 0.6) is 0 Å². The van der Waals surface area contributed by atoms with Gasteiger partial charge in [-0.1, -0.05) is 23.2 Å². The highest BCUT2D eigenvalue weighted by atomic mass is 79.9. The average molecular weight is 484 g/mol. The van der Waals surface area contributed by atoms with Gasteiger partial charge in [0.15, 0.2) is 0 Å². The first-order valence-electron chi connectivity index (χ1n) is 7.32. The van der Waals surface area contributed by atoms with Crippen LogP contribution in [0.2, 0.25) is 10.0 Å². The van der Waals surface area contributed by atoms with Crippen molar-refractivity contribution in [1.82, 2.24) is 4.31 Å². The molecule has 2 aromatic rings. The smallest absolute Gasteiger partial charge is 0.253 e. The molecule has 134 valence electrons. The molecule has 1 aromatic carbocycles. The Morgan fingerprint density at radius 2 is 2.04 bits per heavy atom. The van der Waals surface area contributed by atoms with Crippen molar-refractivity contribution in [3.05, 3.63) is 44.2 Å². The number of nitrogens with zero attached hydrogens (tertiary/aromatic N) is 1. The van der Waals surface area contributed by atoms with E-state index >= 15 is 0 Å². The van der Waals surface area contributed by atoms with Gasteiger partial charge in [0.2, 0.25) is 5.91 Å². The first-order valence-corrected chi connectivity index (χ1v) is 11.1. The first-order chi connectivity index (χ1) is 11.8. The van der Waals surface area contributed by atoms with Gasteiger partial charge in [0.05, 0.1) is 14.5 Å². The highest BCUT2D eigenvalue weighted by Crippen LogP contribution is 2.33. The molecule has 1 fully saturated rings. The minimum atomic E-state index is -3.72. The lowest BCUT2D eigenvalue weighted by Crippen LogP contribution is -2.42. The van der Waals surface area contributed by atoms with E-state index in [2.05, 4.69) is 21.2 Å². The van der Waals surface area contributed by atoms with E-state index in [1.165, 1.54) is 16.4 Å². The molecule has 25 heavy (non-hydrogen) atoms. The zero-order valence-corrected chi connectivity index (χ0v) is 17.4. The number of anilines is 1. The Labute approximate surface area is 168 Å². The summed E-state index contributed by atoms with van der Waals surface area (Å²) < 4.78 is 27.8. The van der Waals surface area contributed by atoms with Crippen molar-refractivity contribution in [3.63, 3.8) is 0 Å². The molecule has 1 amide bonds. The maximum atomic E-state index is 12.8. The van der Waals surface area contributed by atoms with E-state index < -0.39 is 22.0 Å². The quantitative estimate of drug-likeness (QED) is 0.690. The van der Waals surface area contributed by atoms with Gasteiger partial charge in [0, 0.05) is 11.6 Å². The van der Waals surface area contributed by atoms with Gasteiger partial charge in [0.25, 0.3) is 10.0 Å². The van der Waals surface area contributed by atoms with Gasteiger partial charge in [0.1, 0.15) is 10.3 Å². The average Bonchev–Trinajstić information content (AvgIpc) is 3.20. The molecule has 1 aliphatic rings.